The van der Waals surface area contributed by atoms with E-state index in [2.05, 4.69) is 0 Å². The van der Waals surface area contributed by atoms with E-state index in [0.717, 1.165) is 25.0 Å². The molecule has 0 saturated carbocycles. The van der Waals surface area contributed by atoms with Gasteiger partial charge in [0.05, 0.1) is 5.56 Å². The zero-order chi connectivity index (χ0) is 17.0. The summed E-state index contributed by atoms with van der Waals surface area (Å²) < 4.78 is 18.4. The van der Waals surface area contributed by atoms with Gasteiger partial charge in [0.1, 0.15) is 11.9 Å². The van der Waals surface area contributed by atoms with E-state index in [-0.39, 0.29) is 10.6 Å². The molecule has 2 N–H and O–H groups in total. The Hall–Kier alpha value is -2.15. The number of hydrogen-bond acceptors (Lipinski definition) is 4. The number of nitrogens with two attached hydrogens (primary N) is 1. The maximum Gasteiger partial charge on any atom is 0.341 e. The molecule has 0 aromatic heterocycles. The molecule has 6 nitrogen and oxygen atoms in total. The fourth-order valence-corrected chi connectivity index (χ4v) is 2.64. The molecule has 8 heteroatoms. The van der Waals surface area contributed by atoms with Crippen LogP contribution in [0.5, 0.6) is 0 Å². The van der Waals surface area contributed by atoms with Crippen LogP contribution in [0.4, 0.5) is 4.39 Å². The lowest BCUT2D eigenvalue weighted by Crippen LogP contribution is -2.51. The zero-order valence-corrected chi connectivity index (χ0v) is 13.0. The van der Waals surface area contributed by atoms with Gasteiger partial charge in [-0.3, -0.25) is 9.59 Å². The number of rotatable bonds is 4. The van der Waals surface area contributed by atoms with Crippen molar-refractivity contribution < 1.29 is 23.5 Å². The molecular weight excluding hydrogens is 327 g/mol. The minimum Gasteiger partial charge on any atom is -0.452 e. The third-order valence-corrected chi connectivity index (χ3v) is 3.86. The van der Waals surface area contributed by atoms with Crippen molar-refractivity contribution in [1.29, 1.82) is 0 Å². The molecule has 1 saturated heterocycles. The van der Waals surface area contributed by atoms with Crippen molar-refractivity contribution in [2.24, 2.45) is 5.73 Å². The first kappa shape index (κ1) is 17.2. The molecule has 2 rings (SSSR count). The van der Waals surface area contributed by atoms with E-state index in [1.54, 1.807) is 0 Å². The van der Waals surface area contributed by atoms with Crippen LogP contribution >= 0.6 is 11.6 Å². The summed E-state index contributed by atoms with van der Waals surface area (Å²) in [7, 11) is 0. The van der Waals surface area contributed by atoms with Crippen LogP contribution in [0.3, 0.4) is 0 Å². The minimum absolute atomic E-state index is 0.175. The lowest BCUT2D eigenvalue weighted by Gasteiger charge is -2.33. The van der Waals surface area contributed by atoms with Gasteiger partial charge in [0.25, 0.3) is 5.91 Å². The molecule has 0 radical (unpaired) electrons. The molecule has 2 amide bonds. The van der Waals surface area contributed by atoms with Gasteiger partial charge in [0.2, 0.25) is 5.91 Å². The van der Waals surface area contributed by atoms with Gasteiger partial charge in [0, 0.05) is 11.6 Å². The van der Waals surface area contributed by atoms with Gasteiger partial charge in [-0.15, -0.1) is 0 Å². The molecule has 1 aromatic rings. The summed E-state index contributed by atoms with van der Waals surface area (Å²) >= 11 is 5.70. The largest absolute Gasteiger partial charge is 0.452 e. The van der Waals surface area contributed by atoms with Gasteiger partial charge in [0.15, 0.2) is 6.61 Å². The lowest BCUT2D eigenvalue weighted by molar-refractivity contribution is -0.143. The predicted molar refractivity (Wildman–Crippen MR) is 80.2 cm³/mol. The van der Waals surface area contributed by atoms with Crippen LogP contribution in [0.2, 0.25) is 5.02 Å². The van der Waals surface area contributed by atoms with Gasteiger partial charge in [-0.1, -0.05) is 11.6 Å². The van der Waals surface area contributed by atoms with Gasteiger partial charge < -0.3 is 15.4 Å². The van der Waals surface area contributed by atoms with Crippen molar-refractivity contribution in [2.45, 2.75) is 25.3 Å². The number of amides is 2. The van der Waals surface area contributed by atoms with Crippen LogP contribution in [-0.4, -0.2) is 41.9 Å². The lowest BCUT2D eigenvalue weighted by atomic mass is 10.0. The zero-order valence-electron chi connectivity index (χ0n) is 12.3. The number of ether oxygens (including phenoxy) is 1. The number of carbonyl (C=O) groups is 3. The first-order valence-electron chi connectivity index (χ1n) is 7.11. The Morgan fingerprint density at radius 1 is 1.35 bits per heavy atom. The average molecular weight is 343 g/mol. The number of nitrogens with zero attached hydrogens (tertiary/aromatic N) is 1. The van der Waals surface area contributed by atoms with E-state index >= 15 is 0 Å². The van der Waals surface area contributed by atoms with Gasteiger partial charge >= 0.3 is 5.97 Å². The molecule has 1 aliphatic rings. The van der Waals surface area contributed by atoms with Crippen LogP contribution in [0.1, 0.15) is 29.6 Å². The molecule has 0 aliphatic carbocycles. The fraction of sp³-hybridized carbons (Fsp3) is 0.400. The topological polar surface area (TPSA) is 89.7 Å². The highest BCUT2D eigenvalue weighted by molar-refractivity contribution is 6.30. The molecule has 1 aliphatic heterocycles. The molecule has 1 aromatic carbocycles. The van der Waals surface area contributed by atoms with Crippen LogP contribution in [0.25, 0.3) is 0 Å². The second-order valence-electron chi connectivity index (χ2n) is 5.20. The molecule has 0 unspecified atom stereocenters. The van der Waals surface area contributed by atoms with E-state index in [9.17, 15) is 18.8 Å². The van der Waals surface area contributed by atoms with Crippen LogP contribution in [0.15, 0.2) is 18.2 Å². The van der Waals surface area contributed by atoms with E-state index in [1.165, 1.54) is 11.0 Å². The van der Waals surface area contributed by atoms with Crippen LogP contribution in [0, 0.1) is 5.82 Å². The van der Waals surface area contributed by atoms with Crippen molar-refractivity contribution in [3.8, 4) is 0 Å². The summed E-state index contributed by atoms with van der Waals surface area (Å²) in [4.78, 5) is 36.6. The Kier molecular flexibility index (Phi) is 5.54. The highest BCUT2D eigenvalue weighted by atomic mass is 35.5. The summed E-state index contributed by atoms with van der Waals surface area (Å²) in [5.41, 5.74) is 4.92. The second-order valence-corrected chi connectivity index (χ2v) is 5.64. The van der Waals surface area contributed by atoms with E-state index in [4.69, 9.17) is 22.1 Å². The number of hydrogen-bond donors (Lipinski definition) is 1. The minimum atomic E-state index is -0.994. The Bertz CT molecular complexity index is 638. The Balaban J connectivity index is 1.99. The van der Waals surface area contributed by atoms with Gasteiger partial charge in [-0.05, 0) is 37.5 Å². The normalized spacial score (nSPS) is 17.7. The molecule has 0 bridgehead atoms. The number of esters is 1. The monoisotopic (exact) mass is 342 g/mol. The highest BCUT2D eigenvalue weighted by Gasteiger charge is 2.31. The number of primary amides is 1. The SMILES string of the molecule is NC(=O)[C@H]1CCCCN1C(=O)COC(=O)c1cc(Cl)ccc1F. The second kappa shape index (κ2) is 7.41. The van der Waals surface area contributed by atoms with Gasteiger partial charge in [-0.2, -0.15) is 0 Å². The van der Waals surface area contributed by atoms with Crippen LogP contribution < -0.4 is 5.73 Å². The average Bonchev–Trinajstić information content (AvgIpc) is 2.54. The molecule has 0 spiro atoms. The third-order valence-electron chi connectivity index (χ3n) is 3.63. The molecule has 1 atom stereocenters. The number of halogens is 2. The van der Waals surface area contributed by atoms with Crippen molar-refractivity contribution in [1.82, 2.24) is 4.90 Å². The summed E-state index contributed by atoms with van der Waals surface area (Å²) in [6.45, 7) is -0.218. The molecule has 124 valence electrons. The number of likely N-dealkylation sites (tertiary alicyclic amines) is 1. The van der Waals surface area contributed by atoms with Crippen LogP contribution in [-0.2, 0) is 14.3 Å². The third kappa shape index (κ3) is 4.19. The van der Waals surface area contributed by atoms with Crippen molar-refractivity contribution in [2.75, 3.05) is 13.2 Å². The Morgan fingerprint density at radius 3 is 2.78 bits per heavy atom. The molecule has 1 fully saturated rings. The van der Waals surface area contributed by atoms with Crippen molar-refractivity contribution >= 4 is 29.4 Å². The number of piperidine rings is 1. The number of benzene rings is 1. The molecule has 1 heterocycles. The first-order valence-corrected chi connectivity index (χ1v) is 7.49. The summed E-state index contributed by atoms with van der Waals surface area (Å²) in [6, 6.07) is 2.76. The molecule has 23 heavy (non-hydrogen) atoms. The summed E-state index contributed by atoms with van der Waals surface area (Å²) in [5, 5.41) is 0.175. The van der Waals surface area contributed by atoms with E-state index < -0.39 is 36.2 Å². The highest BCUT2D eigenvalue weighted by Crippen LogP contribution is 2.18. The Morgan fingerprint density at radius 2 is 2.09 bits per heavy atom. The summed E-state index contributed by atoms with van der Waals surface area (Å²) in [5.74, 6) is -2.92. The van der Waals surface area contributed by atoms with E-state index in [1.807, 2.05) is 0 Å². The first-order chi connectivity index (χ1) is 10.9. The number of carbonyl (C=O) groups excluding carboxylic acids is 3. The maximum atomic E-state index is 13.6. The smallest absolute Gasteiger partial charge is 0.341 e. The standard InChI is InChI=1S/C15H16ClFN2O4/c16-9-4-5-11(17)10(7-9)15(22)23-8-13(20)19-6-2-1-3-12(19)14(18)21/h4-5,7,12H,1-3,6,8H2,(H2,18,21)/t12-/m1/s1. The van der Waals surface area contributed by atoms with Gasteiger partial charge in [-0.25, -0.2) is 9.18 Å². The van der Waals surface area contributed by atoms with E-state index in [0.29, 0.717) is 13.0 Å². The predicted octanol–water partition coefficient (Wildman–Crippen LogP) is 1.50. The summed E-state index contributed by atoms with van der Waals surface area (Å²) in [6.07, 6.45) is 2.02. The van der Waals surface area contributed by atoms with Crippen molar-refractivity contribution in [3.63, 3.8) is 0 Å². The Labute approximate surface area is 137 Å². The maximum absolute atomic E-state index is 13.6. The quantitative estimate of drug-likeness (QED) is 0.840. The molecular formula is C15H16ClFN2O4. The van der Waals surface area contributed by atoms with Crippen molar-refractivity contribution in [3.05, 3.63) is 34.6 Å². The fourth-order valence-electron chi connectivity index (χ4n) is 2.47.